The van der Waals surface area contributed by atoms with Gasteiger partial charge in [0.1, 0.15) is 0 Å². The lowest BCUT2D eigenvalue weighted by molar-refractivity contribution is 0.509. The Labute approximate surface area is 154 Å². The van der Waals surface area contributed by atoms with E-state index in [1.807, 2.05) is 0 Å². The van der Waals surface area contributed by atoms with Crippen molar-refractivity contribution in [2.24, 2.45) is 5.73 Å². The molecule has 0 spiro atoms. The Kier molecular flexibility index (Phi) is 24.7. The molecule has 0 aromatic heterocycles. The van der Waals surface area contributed by atoms with E-state index in [-0.39, 0.29) is 12.4 Å². The summed E-state index contributed by atoms with van der Waals surface area (Å²) in [5.74, 6) is 0. The molecule has 0 aliphatic carbocycles. The van der Waals surface area contributed by atoms with Crippen LogP contribution >= 0.6 is 12.4 Å². The quantitative estimate of drug-likeness (QED) is 0.251. The van der Waals surface area contributed by atoms with E-state index in [1.165, 1.54) is 109 Å². The summed E-state index contributed by atoms with van der Waals surface area (Å²) in [5, 5.41) is 0. The van der Waals surface area contributed by atoms with Crippen molar-refractivity contribution >= 4 is 12.4 Å². The lowest BCUT2D eigenvalue weighted by Gasteiger charge is -2.07. The summed E-state index contributed by atoms with van der Waals surface area (Å²) in [4.78, 5) is 0. The van der Waals surface area contributed by atoms with Crippen molar-refractivity contribution in [3.05, 3.63) is 0 Å². The third-order valence-corrected chi connectivity index (χ3v) is 4.95. The molecule has 0 bridgehead atoms. The van der Waals surface area contributed by atoms with Crippen LogP contribution in [0.25, 0.3) is 0 Å². The van der Waals surface area contributed by atoms with Gasteiger partial charge >= 0.3 is 0 Å². The molecule has 0 fully saturated rings. The van der Waals surface area contributed by atoms with E-state index in [4.69, 9.17) is 5.73 Å². The molecule has 0 saturated heterocycles. The summed E-state index contributed by atoms with van der Waals surface area (Å²) in [5.41, 5.74) is 5.93. The molecule has 2 heteroatoms. The second-order valence-electron chi connectivity index (χ2n) is 7.26. The van der Waals surface area contributed by atoms with Gasteiger partial charge in [0.2, 0.25) is 0 Å². The lowest BCUT2D eigenvalue weighted by atomic mass is 10.0. The first-order valence-corrected chi connectivity index (χ1v) is 10.6. The van der Waals surface area contributed by atoms with E-state index in [0.29, 0.717) is 6.04 Å². The van der Waals surface area contributed by atoms with Gasteiger partial charge in [-0.1, -0.05) is 117 Å². The monoisotopic (exact) mass is 347 g/mol. The van der Waals surface area contributed by atoms with Gasteiger partial charge in [0.15, 0.2) is 0 Å². The number of hydrogen-bond acceptors (Lipinski definition) is 1. The fourth-order valence-electron chi connectivity index (χ4n) is 3.16. The average Bonchev–Trinajstić information content (AvgIpc) is 2.54. The van der Waals surface area contributed by atoms with Crippen molar-refractivity contribution in [1.29, 1.82) is 0 Å². The maximum Gasteiger partial charge on any atom is 0.00362 e. The van der Waals surface area contributed by atoms with Gasteiger partial charge in [-0.15, -0.1) is 12.4 Å². The first kappa shape index (κ1) is 25.5. The zero-order valence-corrected chi connectivity index (χ0v) is 17.1. The van der Waals surface area contributed by atoms with E-state index in [9.17, 15) is 0 Å². The molecule has 0 heterocycles. The molecule has 2 N–H and O–H groups in total. The molecule has 1 nitrogen and oxygen atoms in total. The largest absolute Gasteiger partial charge is 0.328 e. The fraction of sp³-hybridized carbons (Fsp3) is 1.00. The zero-order valence-electron chi connectivity index (χ0n) is 16.3. The maximum atomic E-state index is 5.93. The smallest absolute Gasteiger partial charge is 0.00362 e. The van der Waals surface area contributed by atoms with Crippen LogP contribution in [-0.2, 0) is 0 Å². The summed E-state index contributed by atoms with van der Waals surface area (Å²) in [6, 6.07) is 0.451. The molecular weight excluding hydrogens is 302 g/mol. The molecular formula is C21H46ClN. The van der Waals surface area contributed by atoms with Crippen molar-refractivity contribution in [3.8, 4) is 0 Å². The van der Waals surface area contributed by atoms with Gasteiger partial charge < -0.3 is 5.73 Å². The Balaban J connectivity index is 0. The molecule has 0 rings (SSSR count). The molecule has 142 valence electrons. The van der Waals surface area contributed by atoms with Crippen LogP contribution in [0.15, 0.2) is 0 Å². The van der Waals surface area contributed by atoms with E-state index in [0.717, 1.165) is 6.42 Å². The van der Waals surface area contributed by atoms with E-state index in [2.05, 4.69) is 13.8 Å². The predicted molar refractivity (Wildman–Crippen MR) is 110 cm³/mol. The Morgan fingerprint density at radius 2 is 0.826 bits per heavy atom. The Bertz CT molecular complexity index is 196. The average molecular weight is 348 g/mol. The van der Waals surface area contributed by atoms with Crippen molar-refractivity contribution < 1.29 is 0 Å². The fourth-order valence-corrected chi connectivity index (χ4v) is 3.16. The third kappa shape index (κ3) is 22.2. The van der Waals surface area contributed by atoms with E-state index < -0.39 is 0 Å². The highest BCUT2D eigenvalue weighted by Gasteiger charge is 1.98. The summed E-state index contributed by atoms with van der Waals surface area (Å²) >= 11 is 0. The number of halogens is 1. The summed E-state index contributed by atoms with van der Waals surface area (Å²) < 4.78 is 0. The van der Waals surface area contributed by atoms with Crippen LogP contribution in [0, 0.1) is 0 Å². The second-order valence-corrected chi connectivity index (χ2v) is 7.26. The van der Waals surface area contributed by atoms with Gasteiger partial charge in [0.25, 0.3) is 0 Å². The first-order chi connectivity index (χ1) is 10.8. The van der Waals surface area contributed by atoms with Gasteiger partial charge in [-0.3, -0.25) is 0 Å². The molecule has 0 aliphatic heterocycles. The molecule has 1 unspecified atom stereocenters. The number of rotatable bonds is 18. The summed E-state index contributed by atoms with van der Waals surface area (Å²) in [6.07, 6.45) is 25.5. The minimum atomic E-state index is 0. The van der Waals surface area contributed by atoms with Crippen LogP contribution in [0.3, 0.4) is 0 Å². The molecule has 0 aromatic rings. The van der Waals surface area contributed by atoms with Crippen LogP contribution in [0.4, 0.5) is 0 Å². The van der Waals surface area contributed by atoms with E-state index >= 15 is 0 Å². The maximum absolute atomic E-state index is 5.93. The topological polar surface area (TPSA) is 26.0 Å². The van der Waals surface area contributed by atoms with Gasteiger partial charge in [0.05, 0.1) is 0 Å². The Morgan fingerprint density at radius 1 is 0.522 bits per heavy atom. The van der Waals surface area contributed by atoms with Gasteiger partial charge in [-0.2, -0.15) is 0 Å². The van der Waals surface area contributed by atoms with E-state index in [1.54, 1.807) is 0 Å². The summed E-state index contributed by atoms with van der Waals surface area (Å²) in [7, 11) is 0. The first-order valence-electron chi connectivity index (χ1n) is 10.6. The molecule has 0 aliphatic rings. The zero-order chi connectivity index (χ0) is 16.3. The van der Waals surface area contributed by atoms with Gasteiger partial charge in [-0.05, 0) is 12.8 Å². The highest BCUT2D eigenvalue weighted by atomic mass is 35.5. The standard InChI is InChI=1S/C21H45N.ClH/c1-3-5-6-7-8-9-10-11-12-13-14-15-16-17-18-19-20-21(22)4-2;/h21H,3-20,22H2,1-2H3;1H. The number of unbranched alkanes of at least 4 members (excludes halogenated alkanes) is 15. The molecule has 0 saturated carbocycles. The van der Waals surface area contributed by atoms with Gasteiger partial charge in [0, 0.05) is 6.04 Å². The highest BCUT2D eigenvalue weighted by Crippen LogP contribution is 2.14. The molecule has 23 heavy (non-hydrogen) atoms. The van der Waals surface area contributed by atoms with Crippen molar-refractivity contribution in [3.63, 3.8) is 0 Å². The SMILES string of the molecule is CCCCCCCCCCCCCCCCCCC(N)CC.Cl. The van der Waals surface area contributed by atoms with Gasteiger partial charge in [-0.25, -0.2) is 0 Å². The second kappa shape index (κ2) is 22.2. The predicted octanol–water partition coefficient (Wildman–Crippen LogP) is 7.80. The Hall–Kier alpha value is 0.250. The number of nitrogens with two attached hydrogens (primary N) is 1. The van der Waals surface area contributed by atoms with Crippen LogP contribution in [0.5, 0.6) is 0 Å². The molecule has 0 amide bonds. The van der Waals surface area contributed by atoms with Crippen LogP contribution < -0.4 is 5.73 Å². The minimum Gasteiger partial charge on any atom is -0.328 e. The minimum absolute atomic E-state index is 0. The third-order valence-electron chi connectivity index (χ3n) is 4.95. The summed E-state index contributed by atoms with van der Waals surface area (Å²) in [6.45, 7) is 4.49. The molecule has 1 atom stereocenters. The van der Waals surface area contributed by atoms with Crippen LogP contribution in [-0.4, -0.2) is 6.04 Å². The molecule has 0 aromatic carbocycles. The normalized spacial score (nSPS) is 12.1. The Morgan fingerprint density at radius 3 is 1.13 bits per heavy atom. The molecule has 0 radical (unpaired) electrons. The number of hydrogen-bond donors (Lipinski definition) is 1. The van der Waals surface area contributed by atoms with Crippen LogP contribution in [0.2, 0.25) is 0 Å². The van der Waals surface area contributed by atoms with Crippen molar-refractivity contribution in [2.45, 2.75) is 135 Å². The highest BCUT2D eigenvalue weighted by molar-refractivity contribution is 5.85. The van der Waals surface area contributed by atoms with Crippen molar-refractivity contribution in [2.75, 3.05) is 0 Å². The van der Waals surface area contributed by atoms with Crippen molar-refractivity contribution in [1.82, 2.24) is 0 Å². The lowest BCUT2D eigenvalue weighted by Crippen LogP contribution is -2.17. The van der Waals surface area contributed by atoms with Crippen LogP contribution in [0.1, 0.15) is 129 Å².